The van der Waals surface area contributed by atoms with Gasteiger partial charge in [-0.1, -0.05) is 6.42 Å². The number of fused-ring (bicyclic) bond motifs is 1. The first-order valence-electron chi connectivity index (χ1n) is 10.6. The minimum absolute atomic E-state index is 0.00315. The van der Waals surface area contributed by atoms with Gasteiger partial charge in [0, 0.05) is 19.6 Å². The van der Waals surface area contributed by atoms with Crippen LogP contribution in [0.25, 0.3) is 0 Å². The number of nitrogens with one attached hydrogen (secondary N) is 1. The van der Waals surface area contributed by atoms with E-state index in [4.69, 9.17) is 4.42 Å². The van der Waals surface area contributed by atoms with Crippen molar-refractivity contribution in [2.45, 2.75) is 57.2 Å². The molecule has 8 nitrogen and oxygen atoms in total. The quantitative estimate of drug-likeness (QED) is 0.734. The molecule has 3 atom stereocenters. The number of piperidine rings is 2. The van der Waals surface area contributed by atoms with Crippen LogP contribution in [0.5, 0.6) is 0 Å². The fraction of sp³-hybridized carbons (Fsp3) is 0.667. The molecule has 3 fully saturated rings. The summed E-state index contributed by atoms with van der Waals surface area (Å²) in [5.74, 6) is 0.551. The summed E-state index contributed by atoms with van der Waals surface area (Å²) in [6.07, 6.45) is 7.58. The van der Waals surface area contributed by atoms with Gasteiger partial charge < -0.3 is 19.5 Å². The average Bonchev–Trinajstić information content (AvgIpc) is 3.32. The highest BCUT2D eigenvalue weighted by atomic mass is 16.3. The lowest BCUT2D eigenvalue weighted by molar-refractivity contribution is -0.135. The third-order valence-corrected chi connectivity index (χ3v) is 6.54. The van der Waals surface area contributed by atoms with Crippen molar-refractivity contribution in [3.8, 4) is 0 Å². The van der Waals surface area contributed by atoms with Gasteiger partial charge in [0.1, 0.15) is 11.8 Å². The van der Waals surface area contributed by atoms with Crippen LogP contribution in [0.2, 0.25) is 0 Å². The average molecular weight is 402 g/mol. The Labute approximate surface area is 171 Å². The number of hydrogen-bond acceptors (Lipinski definition) is 5. The molecule has 0 unspecified atom stereocenters. The predicted octanol–water partition coefficient (Wildman–Crippen LogP) is 1.81. The van der Waals surface area contributed by atoms with E-state index in [2.05, 4.69) is 10.2 Å². The highest BCUT2D eigenvalue weighted by Crippen LogP contribution is 2.31. The molecule has 3 aliphatic rings. The van der Waals surface area contributed by atoms with Gasteiger partial charge in [0.05, 0.1) is 19.2 Å². The second-order valence-corrected chi connectivity index (χ2v) is 8.49. The minimum Gasteiger partial charge on any atom is -0.467 e. The molecule has 4 heterocycles. The largest absolute Gasteiger partial charge is 0.467 e. The SMILES string of the molecule is CN(C[C@@H]1CCCN2CCCC[C@@H]12)C(=O)C[C@H]1NC(=O)N(Cc2ccco2)C1=O. The molecule has 4 amide bonds. The summed E-state index contributed by atoms with van der Waals surface area (Å²) in [5.41, 5.74) is 0. The number of nitrogens with zero attached hydrogens (tertiary/aromatic N) is 3. The molecular formula is C21H30N4O4. The van der Waals surface area contributed by atoms with E-state index >= 15 is 0 Å². The maximum absolute atomic E-state index is 12.8. The third kappa shape index (κ3) is 4.32. The van der Waals surface area contributed by atoms with Gasteiger partial charge in [-0.2, -0.15) is 0 Å². The van der Waals surface area contributed by atoms with Crippen molar-refractivity contribution in [3.63, 3.8) is 0 Å². The summed E-state index contributed by atoms with van der Waals surface area (Å²) in [6, 6.07) is 2.72. The number of imide groups is 1. The van der Waals surface area contributed by atoms with Gasteiger partial charge >= 0.3 is 6.03 Å². The number of rotatable bonds is 6. The zero-order valence-electron chi connectivity index (χ0n) is 17.0. The van der Waals surface area contributed by atoms with E-state index in [0.717, 1.165) is 11.3 Å². The Morgan fingerprint density at radius 3 is 2.86 bits per heavy atom. The molecule has 4 rings (SSSR count). The first-order chi connectivity index (χ1) is 14.0. The maximum atomic E-state index is 12.8. The van der Waals surface area contributed by atoms with Crippen LogP contribution >= 0.6 is 0 Å². The van der Waals surface area contributed by atoms with Crippen LogP contribution in [0.4, 0.5) is 4.79 Å². The van der Waals surface area contributed by atoms with Gasteiger partial charge in [-0.3, -0.25) is 14.5 Å². The van der Waals surface area contributed by atoms with E-state index in [1.54, 1.807) is 17.0 Å². The fourth-order valence-corrected chi connectivity index (χ4v) is 5.00. The number of carbonyl (C=O) groups is 3. The molecule has 0 saturated carbocycles. The van der Waals surface area contributed by atoms with Crippen LogP contribution in [0.1, 0.15) is 44.3 Å². The van der Waals surface area contributed by atoms with Crippen molar-refractivity contribution in [2.75, 3.05) is 26.7 Å². The predicted molar refractivity (Wildman–Crippen MR) is 106 cm³/mol. The van der Waals surface area contributed by atoms with Gasteiger partial charge in [-0.05, 0) is 56.8 Å². The topological polar surface area (TPSA) is 86.1 Å². The number of urea groups is 1. The van der Waals surface area contributed by atoms with Gasteiger partial charge in [-0.25, -0.2) is 4.79 Å². The Balaban J connectivity index is 1.31. The molecule has 0 radical (unpaired) electrons. The van der Waals surface area contributed by atoms with Crippen LogP contribution in [-0.4, -0.2) is 71.3 Å². The zero-order valence-corrected chi connectivity index (χ0v) is 17.0. The molecule has 0 aromatic carbocycles. The van der Waals surface area contributed by atoms with Gasteiger partial charge in [0.25, 0.3) is 5.91 Å². The molecule has 0 spiro atoms. The zero-order chi connectivity index (χ0) is 20.4. The number of amides is 4. The van der Waals surface area contributed by atoms with Crippen LogP contribution in [0.3, 0.4) is 0 Å². The monoisotopic (exact) mass is 402 g/mol. The maximum Gasteiger partial charge on any atom is 0.325 e. The van der Waals surface area contributed by atoms with Crippen molar-refractivity contribution in [3.05, 3.63) is 24.2 Å². The van der Waals surface area contributed by atoms with Crippen molar-refractivity contribution in [1.29, 1.82) is 0 Å². The van der Waals surface area contributed by atoms with Crippen molar-refractivity contribution >= 4 is 17.8 Å². The summed E-state index contributed by atoms with van der Waals surface area (Å²) in [6.45, 7) is 3.14. The van der Waals surface area contributed by atoms with E-state index in [1.807, 2.05) is 7.05 Å². The number of hydrogen-bond donors (Lipinski definition) is 1. The van der Waals surface area contributed by atoms with Crippen LogP contribution in [-0.2, 0) is 16.1 Å². The molecular weight excluding hydrogens is 372 g/mol. The summed E-state index contributed by atoms with van der Waals surface area (Å²) < 4.78 is 5.22. The van der Waals surface area contributed by atoms with Gasteiger partial charge in [0.2, 0.25) is 5.91 Å². The Morgan fingerprint density at radius 2 is 2.07 bits per heavy atom. The van der Waals surface area contributed by atoms with Crippen LogP contribution < -0.4 is 5.32 Å². The summed E-state index contributed by atoms with van der Waals surface area (Å²) in [7, 11) is 1.81. The van der Waals surface area contributed by atoms with E-state index in [1.165, 1.54) is 45.0 Å². The number of furan rings is 1. The summed E-state index contributed by atoms with van der Waals surface area (Å²) in [4.78, 5) is 43.0. The first kappa shape index (κ1) is 19.9. The van der Waals surface area contributed by atoms with E-state index in [9.17, 15) is 14.4 Å². The molecule has 1 aromatic rings. The molecule has 1 N–H and O–H groups in total. The number of carbonyl (C=O) groups excluding carboxylic acids is 3. The van der Waals surface area contributed by atoms with Gasteiger partial charge in [-0.15, -0.1) is 0 Å². The Bertz CT molecular complexity index is 748. The molecule has 0 bridgehead atoms. The molecule has 8 heteroatoms. The van der Waals surface area contributed by atoms with Gasteiger partial charge in [0.15, 0.2) is 0 Å². The Hall–Kier alpha value is -2.35. The summed E-state index contributed by atoms with van der Waals surface area (Å²) >= 11 is 0. The fourth-order valence-electron chi connectivity index (χ4n) is 5.00. The molecule has 158 valence electrons. The van der Waals surface area contributed by atoms with Crippen LogP contribution in [0, 0.1) is 5.92 Å². The lowest BCUT2D eigenvalue weighted by Gasteiger charge is -2.45. The molecule has 3 saturated heterocycles. The summed E-state index contributed by atoms with van der Waals surface area (Å²) in [5, 5.41) is 2.64. The lowest BCUT2D eigenvalue weighted by Crippen LogP contribution is -2.51. The molecule has 3 aliphatic heterocycles. The van der Waals surface area contributed by atoms with Crippen LogP contribution in [0.15, 0.2) is 22.8 Å². The normalized spacial score (nSPS) is 27.6. The molecule has 1 aromatic heterocycles. The Morgan fingerprint density at radius 1 is 1.24 bits per heavy atom. The van der Waals surface area contributed by atoms with E-state index < -0.39 is 12.1 Å². The lowest BCUT2D eigenvalue weighted by atomic mass is 9.83. The Kier molecular flexibility index (Phi) is 5.89. The minimum atomic E-state index is -0.801. The van der Waals surface area contributed by atoms with Crippen molar-refractivity contribution in [2.24, 2.45) is 5.92 Å². The van der Waals surface area contributed by atoms with Crippen molar-refractivity contribution < 1.29 is 18.8 Å². The molecule has 0 aliphatic carbocycles. The highest BCUT2D eigenvalue weighted by Gasteiger charge is 2.40. The second-order valence-electron chi connectivity index (χ2n) is 8.49. The second kappa shape index (κ2) is 8.57. The van der Waals surface area contributed by atoms with E-state index in [0.29, 0.717) is 24.3 Å². The highest BCUT2D eigenvalue weighted by molar-refractivity contribution is 6.05. The molecule has 29 heavy (non-hydrogen) atoms. The standard InChI is InChI=1S/C21H30N4O4/c1-23(13-15-6-4-10-24-9-3-2-8-18(15)24)19(26)12-17-20(27)25(21(28)22-17)14-16-7-5-11-29-16/h5,7,11,15,17-18H,2-4,6,8-10,12-14H2,1H3,(H,22,28)/t15-,17+,18-/m0/s1. The first-order valence-corrected chi connectivity index (χ1v) is 10.6. The third-order valence-electron chi connectivity index (χ3n) is 6.54. The smallest absolute Gasteiger partial charge is 0.325 e. The van der Waals surface area contributed by atoms with E-state index in [-0.39, 0.29) is 24.8 Å². The van der Waals surface area contributed by atoms with Crippen molar-refractivity contribution in [1.82, 2.24) is 20.0 Å².